The van der Waals surface area contributed by atoms with Crippen molar-refractivity contribution in [2.45, 2.75) is 38.5 Å². The van der Waals surface area contributed by atoms with Gasteiger partial charge >= 0.3 is 5.97 Å². The number of unbranched alkanes of at least 4 members (excludes halogenated alkanes) is 4. The standard InChI is InChI=1S/C12H20O2/c1-3-4-5-6-7-8-9-10-11-12(13)14-2/h3,9-10H,1,4-8,11H2,2H3/b10-9+. The number of esters is 1. The highest BCUT2D eigenvalue weighted by atomic mass is 16.5. The molecule has 0 radical (unpaired) electrons. The lowest BCUT2D eigenvalue weighted by atomic mass is 10.1. The van der Waals surface area contributed by atoms with E-state index in [1.54, 1.807) is 0 Å². The lowest BCUT2D eigenvalue weighted by molar-refractivity contribution is -0.139. The number of carbonyl (C=O) groups is 1. The van der Waals surface area contributed by atoms with Crippen LogP contribution in [0.4, 0.5) is 0 Å². The van der Waals surface area contributed by atoms with Crippen molar-refractivity contribution in [1.82, 2.24) is 0 Å². The SMILES string of the molecule is C=CCCCCC/C=C/CC(=O)OC. The van der Waals surface area contributed by atoms with Gasteiger partial charge in [-0.1, -0.05) is 24.6 Å². The molecule has 0 aromatic rings. The smallest absolute Gasteiger partial charge is 0.309 e. The molecule has 0 fully saturated rings. The van der Waals surface area contributed by atoms with Gasteiger partial charge in [-0.3, -0.25) is 4.79 Å². The summed E-state index contributed by atoms with van der Waals surface area (Å²) in [6.45, 7) is 3.67. The minimum Gasteiger partial charge on any atom is -0.469 e. The lowest BCUT2D eigenvalue weighted by Crippen LogP contribution is -1.96. The molecule has 0 amide bonds. The molecule has 0 saturated carbocycles. The molecule has 2 heteroatoms. The first-order chi connectivity index (χ1) is 6.81. The van der Waals surface area contributed by atoms with Crippen LogP contribution < -0.4 is 0 Å². The second-order valence-electron chi connectivity index (χ2n) is 3.18. The van der Waals surface area contributed by atoms with Crippen molar-refractivity contribution in [1.29, 1.82) is 0 Å². The number of ether oxygens (including phenoxy) is 1. The number of carbonyl (C=O) groups excluding carboxylic acids is 1. The maximum absolute atomic E-state index is 10.7. The van der Waals surface area contributed by atoms with Crippen molar-refractivity contribution in [3.63, 3.8) is 0 Å². The Labute approximate surface area is 86.6 Å². The molecule has 0 heterocycles. The Kier molecular flexibility index (Phi) is 9.28. The zero-order valence-corrected chi connectivity index (χ0v) is 9.00. The first-order valence-electron chi connectivity index (χ1n) is 5.14. The molecular weight excluding hydrogens is 176 g/mol. The molecular formula is C12H20O2. The van der Waals surface area contributed by atoms with E-state index in [9.17, 15) is 4.79 Å². The molecule has 0 spiro atoms. The van der Waals surface area contributed by atoms with Gasteiger partial charge in [-0.25, -0.2) is 0 Å². The van der Waals surface area contributed by atoms with Crippen molar-refractivity contribution in [3.8, 4) is 0 Å². The molecule has 2 nitrogen and oxygen atoms in total. The average Bonchev–Trinajstić information content (AvgIpc) is 2.21. The predicted molar refractivity (Wildman–Crippen MR) is 59.1 cm³/mol. The van der Waals surface area contributed by atoms with Crippen LogP contribution in [0.25, 0.3) is 0 Å². The van der Waals surface area contributed by atoms with Crippen molar-refractivity contribution in [2.75, 3.05) is 7.11 Å². The molecule has 0 bridgehead atoms. The Morgan fingerprint density at radius 3 is 2.57 bits per heavy atom. The van der Waals surface area contributed by atoms with Gasteiger partial charge in [-0.05, 0) is 25.7 Å². The third-order valence-electron chi connectivity index (χ3n) is 1.96. The molecule has 80 valence electrons. The molecule has 0 aliphatic rings. The summed E-state index contributed by atoms with van der Waals surface area (Å²) in [6, 6.07) is 0. The summed E-state index contributed by atoms with van der Waals surface area (Å²) in [7, 11) is 1.41. The van der Waals surface area contributed by atoms with Crippen LogP contribution in [-0.2, 0) is 9.53 Å². The summed E-state index contributed by atoms with van der Waals surface area (Å²) in [5.41, 5.74) is 0. The summed E-state index contributed by atoms with van der Waals surface area (Å²) in [5, 5.41) is 0. The van der Waals surface area contributed by atoms with Crippen molar-refractivity contribution in [2.24, 2.45) is 0 Å². The Bertz CT molecular complexity index is 183. The van der Waals surface area contributed by atoms with Gasteiger partial charge in [-0.15, -0.1) is 6.58 Å². The van der Waals surface area contributed by atoms with Gasteiger partial charge in [0.25, 0.3) is 0 Å². The monoisotopic (exact) mass is 196 g/mol. The highest BCUT2D eigenvalue weighted by molar-refractivity contribution is 5.70. The van der Waals surface area contributed by atoms with E-state index in [2.05, 4.69) is 11.3 Å². The number of rotatable bonds is 8. The largest absolute Gasteiger partial charge is 0.469 e. The number of hydrogen-bond acceptors (Lipinski definition) is 2. The van der Waals surface area contributed by atoms with Gasteiger partial charge in [0.05, 0.1) is 13.5 Å². The van der Waals surface area contributed by atoms with Crippen LogP contribution >= 0.6 is 0 Å². The molecule has 0 aliphatic heterocycles. The Hall–Kier alpha value is -1.05. The van der Waals surface area contributed by atoms with Gasteiger partial charge in [0.1, 0.15) is 0 Å². The number of allylic oxidation sites excluding steroid dienone is 2. The van der Waals surface area contributed by atoms with Crippen molar-refractivity contribution >= 4 is 5.97 Å². The van der Waals surface area contributed by atoms with E-state index in [-0.39, 0.29) is 5.97 Å². The predicted octanol–water partition coefficient (Wildman–Crippen LogP) is 3.24. The van der Waals surface area contributed by atoms with Crippen LogP contribution in [0.15, 0.2) is 24.8 Å². The van der Waals surface area contributed by atoms with Crippen LogP contribution in [0.3, 0.4) is 0 Å². The summed E-state index contributed by atoms with van der Waals surface area (Å²) in [5.74, 6) is -0.173. The van der Waals surface area contributed by atoms with Gasteiger partial charge < -0.3 is 4.74 Å². The fraction of sp³-hybridized carbons (Fsp3) is 0.583. The molecule has 14 heavy (non-hydrogen) atoms. The highest BCUT2D eigenvalue weighted by Gasteiger charge is 1.92. The number of hydrogen-bond donors (Lipinski definition) is 0. The van der Waals surface area contributed by atoms with Gasteiger partial charge in [-0.2, -0.15) is 0 Å². The molecule has 0 aromatic heterocycles. The number of methoxy groups -OCH3 is 1. The van der Waals surface area contributed by atoms with Crippen LogP contribution in [0, 0.1) is 0 Å². The van der Waals surface area contributed by atoms with Gasteiger partial charge in [0.2, 0.25) is 0 Å². The third-order valence-corrected chi connectivity index (χ3v) is 1.96. The maximum Gasteiger partial charge on any atom is 0.309 e. The fourth-order valence-corrected chi connectivity index (χ4v) is 1.11. The van der Waals surface area contributed by atoms with Crippen LogP contribution in [0.2, 0.25) is 0 Å². The second kappa shape index (κ2) is 10.0. The topological polar surface area (TPSA) is 26.3 Å². The van der Waals surface area contributed by atoms with E-state index in [1.807, 2.05) is 18.2 Å². The molecule has 0 N–H and O–H groups in total. The van der Waals surface area contributed by atoms with E-state index >= 15 is 0 Å². The Balaban J connectivity index is 3.18. The molecule has 0 aromatic carbocycles. The van der Waals surface area contributed by atoms with Gasteiger partial charge in [0, 0.05) is 0 Å². The summed E-state index contributed by atoms with van der Waals surface area (Å²) in [4.78, 5) is 10.7. The molecule has 0 aliphatic carbocycles. The molecule has 0 unspecified atom stereocenters. The molecule has 0 saturated heterocycles. The van der Waals surface area contributed by atoms with E-state index < -0.39 is 0 Å². The van der Waals surface area contributed by atoms with E-state index in [4.69, 9.17) is 0 Å². The zero-order chi connectivity index (χ0) is 10.6. The van der Waals surface area contributed by atoms with E-state index in [0.717, 1.165) is 12.8 Å². The molecule has 0 rings (SSSR count). The van der Waals surface area contributed by atoms with Gasteiger partial charge in [0.15, 0.2) is 0 Å². The van der Waals surface area contributed by atoms with Crippen LogP contribution in [0.1, 0.15) is 38.5 Å². The normalized spacial score (nSPS) is 10.4. The molecule has 0 atom stereocenters. The summed E-state index contributed by atoms with van der Waals surface area (Å²) in [6.07, 6.45) is 12.1. The average molecular weight is 196 g/mol. The second-order valence-corrected chi connectivity index (χ2v) is 3.18. The Morgan fingerprint density at radius 2 is 1.93 bits per heavy atom. The maximum atomic E-state index is 10.7. The third kappa shape index (κ3) is 9.04. The first-order valence-corrected chi connectivity index (χ1v) is 5.14. The summed E-state index contributed by atoms with van der Waals surface area (Å²) >= 11 is 0. The fourth-order valence-electron chi connectivity index (χ4n) is 1.11. The van der Waals surface area contributed by atoms with Crippen LogP contribution in [-0.4, -0.2) is 13.1 Å². The zero-order valence-electron chi connectivity index (χ0n) is 9.00. The van der Waals surface area contributed by atoms with E-state index in [0.29, 0.717) is 6.42 Å². The Morgan fingerprint density at radius 1 is 1.21 bits per heavy atom. The minimum absolute atomic E-state index is 0.173. The quantitative estimate of drug-likeness (QED) is 0.338. The lowest BCUT2D eigenvalue weighted by Gasteiger charge is -1.95. The highest BCUT2D eigenvalue weighted by Crippen LogP contribution is 2.04. The van der Waals surface area contributed by atoms with Crippen molar-refractivity contribution in [3.05, 3.63) is 24.8 Å². The first kappa shape index (κ1) is 12.9. The van der Waals surface area contributed by atoms with Crippen LogP contribution in [0.5, 0.6) is 0 Å². The minimum atomic E-state index is -0.173. The summed E-state index contributed by atoms with van der Waals surface area (Å²) < 4.78 is 4.51. The van der Waals surface area contributed by atoms with Crippen molar-refractivity contribution < 1.29 is 9.53 Å². The van der Waals surface area contributed by atoms with E-state index in [1.165, 1.54) is 26.4 Å².